The third-order valence-electron chi connectivity index (χ3n) is 5.55. The van der Waals surface area contributed by atoms with E-state index in [2.05, 4.69) is 30.3 Å². The van der Waals surface area contributed by atoms with Crippen LogP contribution in [-0.2, 0) is 6.42 Å². The average Bonchev–Trinajstić information content (AvgIpc) is 2.82. The molecule has 30 heavy (non-hydrogen) atoms. The van der Waals surface area contributed by atoms with Gasteiger partial charge in [-0.15, -0.1) is 0 Å². The normalized spacial score (nSPS) is 12.1. The highest BCUT2D eigenvalue weighted by Gasteiger charge is 2.20. The molecule has 2 nitrogen and oxygen atoms in total. The Morgan fingerprint density at radius 3 is 1.73 bits per heavy atom. The van der Waals surface area contributed by atoms with E-state index < -0.39 is 0 Å². The SMILES string of the molecule is Oc1c(O[C@H](Cc2ccccc2)c2ccccc2)c2ccccc2c2ccccc12. The molecule has 146 valence electrons. The second kappa shape index (κ2) is 7.92. The van der Waals surface area contributed by atoms with Gasteiger partial charge in [0.25, 0.3) is 0 Å². The molecule has 0 aliphatic heterocycles. The van der Waals surface area contributed by atoms with Gasteiger partial charge in [0.15, 0.2) is 11.5 Å². The highest BCUT2D eigenvalue weighted by atomic mass is 16.5. The van der Waals surface area contributed by atoms with Gasteiger partial charge in [-0.1, -0.05) is 109 Å². The summed E-state index contributed by atoms with van der Waals surface area (Å²) in [5.74, 6) is 0.729. The number of phenolic OH excluding ortho intramolecular Hbond substituents is 1. The number of ether oxygens (including phenoxy) is 1. The molecule has 5 rings (SSSR count). The summed E-state index contributed by atoms with van der Waals surface area (Å²) < 4.78 is 6.61. The Balaban J connectivity index is 1.66. The van der Waals surface area contributed by atoms with E-state index in [1.54, 1.807) is 0 Å². The van der Waals surface area contributed by atoms with Crippen LogP contribution in [0.15, 0.2) is 109 Å². The zero-order valence-corrected chi connectivity index (χ0v) is 16.5. The molecule has 0 aliphatic rings. The van der Waals surface area contributed by atoms with Gasteiger partial charge in [0.05, 0.1) is 0 Å². The van der Waals surface area contributed by atoms with Gasteiger partial charge < -0.3 is 9.84 Å². The van der Waals surface area contributed by atoms with Gasteiger partial charge in [-0.25, -0.2) is 0 Å². The Hall–Kier alpha value is -3.78. The molecule has 0 amide bonds. The molecule has 0 aromatic heterocycles. The van der Waals surface area contributed by atoms with Crippen molar-refractivity contribution in [2.24, 2.45) is 0 Å². The number of benzene rings is 5. The predicted octanol–water partition coefficient (Wildman–Crippen LogP) is 7.06. The predicted molar refractivity (Wildman–Crippen MR) is 123 cm³/mol. The smallest absolute Gasteiger partial charge is 0.170 e. The number of hydrogen-bond acceptors (Lipinski definition) is 2. The monoisotopic (exact) mass is 390 g/mol. The summed E-state index contributed by atoms with van der Waals surface area (Å²) in [7, 11) is 0. The molecule has 0 heterocycles. The van der Waals surface area contributed by atoms with Crippen LogP contribution in [0.1, 0.15) is 17.2 Å². The fourth-order valence-electron chi connectivity index (χ4n) is 4.08. The van der Waals surface area contributed by atoms with Crippen LogP contribution in [0.2, 0.25) is 0 Å². The first-order valence-corrected chi connectivity index (χ1v) is 10.2. The number of phenols is 1. The molecule has 0 saturated carbocycles. The Bertz CT molecular complexity index is 1290. The molecule has 0 radical (unpaired) electrons. The summed E-state index contributed by atoms with van der Waals surface area (Å²) in [6.45, 7) is 0. The molecular formula is C28H22O2. The highest BCUT2D eigenvalue weighted by Crippen LogP contribution is 2.44. The Labute approximate surface area is 176 Å². The van der Waals surface area contributed by atoms with Crippen LogP contribution in [0.5, 0.6) is 11.5 Å². The van der Waals surface area contributed by atoms with Crippen molar-refractivity contribution in [3.05, 3.63) is 120 Å². The molecule has 5 aromatic rings. The average molecular weight is 390 g/mol. The van der Waals surface area contributed by atoms with Crippen molar-refractivity contribution >= 4 is 21.5 Å². The summed E-state index contributed by atoms with van der Waals surface area (Å²) in [4.78, 5) is 0. The van der Waals surface area contributed by atoms with Crippen LogP contribution in [0.3, 0.4) is 0 Å². The molecular weight excluding hydrogens is 368 g/mol. The molecule has 0 saturated heterocycles. The number of fused-ring (bicyclic) bond motifs is 3. The highest BCUT2D eigenvalue weighted by molar-refractivity contribution is 6.13. The van der Waals surface area contributed by atoms with E-state index in [0.29, 0.717) is 12.2 Å². The minimum atomic E-state index is -0.218. The van der Waals surface area contributed by atoms with Crippen molar-refractivity contribution in [2.45, 2.75) is 12.5 Å². The molecule has 2 heteroatoms. The minimum Gasteiger partial charge on any atom is -0.504 e. The number of aromatic hydroxyl groups is 1. The zero-order valence-electron chi connectivity index (χ0n) is 16.5. The van der Waals surface area contributed by atoms with Crippen LogP contribution in [0.25, 0.3) is 21.5 Å². The van der Waals surface area contributed by atoms with Gasteiger partial charge in [0, 0.05) is 17.2 Å². The topological polar surface area (TPSA) is 29.5 Å². The summed E-state index contributed by atoms with van der Waals surface area (Å²) >= 11 is 0. The third kappa shape index (κ3) is 3.37. The van der Waals surface area contributed by atoms with Gasteiger partial charge in [-0.3, -0.25) is 0 Å². The summed E-state index contributed by atoms with van der Waals surface area (Å²) in [5.41, 5.74) is 2.27. The Morgan fingerprint density at radius 1 is 0.567 bits per heavy atom. The van der Waals surface area contributed by atoms with E-state index in [-0.39, 0.29) is 11.9 Å². The number of hydrogen-bond donors (Lipinski definition) is 1. The van der Waals surface area contributed by atoms with E-state index in [4.69, 9.17) is 4.74 Å². The van der Waals surface area contributed by atoms with Gasteiger partial charge in [-0.05, 0) is 21.9 Å². The van der Waals surface area contributed by atoms with Crippen LogP contribution in [0.4, 0.5) is 0 Å². The van der Waals surface area contributed by atoms with Crippen molar-refractivity contribution in [2.75, 3.05) is 0 Å². The zero-order chi connectivity index (χ0) is 20.3. The van der Waals surface area contributed by atoms with Crippen molar-refractivity contribution < 1.29 is 9.84 Å². The van der Waals surface area contributed by atoms with E-state index >= 15 is 0 Å². The van der Waals surface area contributed by atoms with Gasteiger partial charge in [0.2, 0.25) is 0 Å². The summed E-state index contributed by atoms with van der Waals surface area (Å²) in [5, 5.41) is 15.0. The van der Waals surface area contributed by atoms with Crippen LogP contribution in [0, 0.1) is 0 Å². The van der Waals surface area contributed by atoms with E-state index in [1.807, 2.05) is 78.9 Å². The first-order valence-electron chi connectivity index (χ1n) is 10.2. The van der Waals surface area contributed by atoms with E-state index in [9.17, 15) is 5.11 Å². The summed E-state index contributed by atoms with van der Waals surface area (Å²) in [6, 6.07) is 36.6. The summed E-state index contributed by atoms with van der Waals surface area (Å²) in [6.07, 6.45) is 0.495. The fourth-order valence-corrected chi connectivity index (χ4v) is 4.08. The maximum absolute atomic E-state index is 11.2. The number of rotatable bonds is 5. The quantitative estimate of drug-likeness (QED) is 0.325. The van der Waals surface area contributed by atoms with Crippen LogP contribution < -0.4 is 4.74 Å². The first kappa shape index (κ1) is 18.3. The van der Waals surface area contributed by atoms with E-state index in [1.165, 1.54) is 5.56 Å². The lowest BCUT2D eigenvalue weighted by Gasteiger charge is -2.23. The van der Waals surface area contributed by atoms with Crippen molar-refractivity contribution in [1.82, 2.24) is 0 Å². The molecule has 0 bridgehead atoms. The van der Waals surface area contributed by atoms with Crippen LogP contribution in [-0.4, -0.2) is 5.11 Å². The first-order chi connectivity index (χ1) is 14.8. The molecule has 0 aliphatic carbocycles. The molecule has 5 aromatic carbocycles. The lowest BCUT2D eigenvalue weighted by molar-refractivity contribution is 0.201. The van der Waals surface area contributed by atoms with Crippen LogP contribution >= 0.6 is 0 Å². The van der Waals surface area contributed by atoms with Gasteiger partial charge in [-0.2, -0.15) is 0 Å². The second-order valence-corrected chi connectivity index (χ2v) is 7.48. The molecule has 1 atom stereocenters. The fraction of sp³-hybridized carbons (Fsp3) is 0.0714. The van der Waals surface area contributed by atoms with Gasteiger partial charge in [0.1, 0.15) is 6.10 Å². The molecule has 0 unspecified atom stereocenters. The van der Waals surface area contributed by atoms with Crippen molar-refractivity contribution in [3.8, 4) is 11.5 Å². The molecule has 1 N–H and O–H groups in total. The maximum Gasteiger partial charge on any atom is 0.170 e. The largest absolute Gasteiger partial charge is 0.504 e. The second-order valence-electron chi connectivity index (χ2n) is 7.48. The third-order valence-corrected chi connectivity index (χ3v) is 5.55. The lowest BCUT2D eigenvalue weighted by Crippen LogP contribution is -2.11. The van der Waals surface area contributed by atoms with E-state index in [0.717, 1.165) is 27.1 Å². The minimum absolute atomic E-state index is 0.193. The maximum atomic E-state index is 11.2. The lowest BCUT2D eigenvalue weighted by atomic mass is 9.98. The standard InChI is InChI=1S/C28H22O2/c29-27-24-17-9-7-15-22(24)23-16-8-10-18-25(23)28(27)30-26(21-13-5-2-6-14-21)19-20-11-3-1-4-12-20/h1-18,26,29H,19H2/t26-/m1/s1. The molecule has 0 fully saturated rings. The van der Waals surface area contributed by atoms with Gasteiger partial charge >= 0.3 is 0 Å². The van der Waals surface area contributed by atoms with Crippen molar-refractivity contribution in [1.29, 1.82) is 0 Å². The van der Waals surface area contributed by atoms with Crippen molar-refractivity contribution in [3.63, 3.8) is 0 Å². The Kier molecular flexibility index (Phi) is 4.82. The Morgan fingerprint density at radius 2 is 1.07 bits per heavy atom. The molecule has 0 spiro atoms.